The number of nitrogens with zero attached hydrogens (tertiary/aromatic N) is 2. The number of nitrogen functional groups attached to an aromatic ring is 1. The fourth-order valence-corrected chi connectivity index (χ4v) is 1.47. The minimum absolute atomic E-state index is 0.0325. The molecule has 0 unspecified atom stereocenters. The van der Waals surface area contributed by atoms with Crippen molar-refractivity contribution >= 4 is 33.5 Å². The van der Waals surface area contributed by atoms with Crippen LogP contribution < -0.4 is 21.9 Å². The number of anilines is 2. The minimum atomic E-state index is -0.0325. The second kappa shape index (κ2) is 6.23. The highest BCUT2D eigenvalue weighted by molar-refractivity contribution is 9.10. The Balaban J connectivity index is 2.57. The summed E-state index contributed by atoms with van der Waals surface area (Å²) in [5.41, 5.74) is 2.43. The molecule has 16 heavy (non-hydrogen) atoms. The number of rotatable bonds is 5. The summed E-state index contributed by atoms with van der Waals surface area (Å²) < 4.78 is 0.634. The molecule has 0 radical (unpaired) electrons. The molecule has 1 amide bonds. The number of hydrogen-bond acceptors (Lipinski definition) is 6. The monoisotopic (exact) mass is 288 g/mol. The van der Waals surface area contributed by atoms with Crippen LogP contribution in [-0.4, -0.2) is 29.5 Å². The molecule has 0 aliphatic heterocycles. The average molecular weight is 289 g/mol. The van der Waals surface area contributed by atoms with Gasteiger partial charge in [0.1, 0.15) is 16.6 Å². The maximum atomic E-state index is 11.0. The third kappa shape index (κ3) is 3.31. The van der Waals surface area contributed by atoms with Crippen LogP contribution in [0, 0.1) is 0 Å². The number of aromatic nitrogens is 2. The van der Waals surface area contributed by atoms with Crippen molar-refractivity contribution in [2.24, 2.45) is 5.84 Å². The van der Waals surface area contributed by atoms with E-state index in [-0.39, 0.29) is 5.91 Å². The summed E-state index contributed by atoms with van der Waals surface area (Å²) in [5.74, 6) is 6.30. The predicted molar refractivity (Wildman–Crippen MR) is 64.7 cm³/mol. The summed E-state index contributed by atoms with van der Waals surface area (Å²) in [7, 11) is 1.60. The molecule has 0 spiro atoms. The van der Waals surface area contributed by atoms with Crippen LogP contribution >= 0.6 is 15.9 Å². The molecule has 0 atom stereocenters. The van der Waals surface area contributed by atoms with Crippen molar-refractivity contribution in [2.75, 3.05) is 24.3 Å². The molecule has 0 aliphatic carbocycles. The first kappa shape index (κ1) is 12.7. The number of halogens is 1. The highest BCUT2D eigenvalue weighted by Crippen LogP contribution is 2.25. The van der Waals surface area contributed by atoms with Gasteiger partial charge in [0.2, 0.25) is 5.91 Å². The Hall–Kier alpha value is -1.41. The van der Waals surface area contributed by atoms with E-state index < -0.39 is 0 Å². The fourth-order valence-electron chi connectivity index (χ4n) is 1.01. The van der Waals surface area contributed by atoms with Crippen LogP contribution in [0.2, 0.25) is 0 Å². The highest BCUT2D eigenvalue weighted by atomic mass is 79.9. The number of hydrazine groups is 1. The maximum Gasteiger partial charge on any atom is 0.221 e. The Bertz CT molecular complexity index is 372. The molecule has 88 valence electrons. The first-order valence-electron chi connectivity index (χ1n) is 4.60. The summed E-state index contributed by atoms with van der Waals surface area (Å²) >= 11 is 3.30. The van der Waals surface area contributed by atoms with E-state index in [4.69, 9.17) is 5.84 Å². The van der Waals surface area contributed by atoms with Gasteiger partial charge in [0, 0.05) is 20.0 Å². The van der Waals surface area contributed by atoms with Crippen LogP contribution in [-0.2, 0) is 4.79 Å². The molecule has 0 aromatic carbocycles. The third-order valence-electron chi connectivity index (χ3n) is 1.85. The van der Waals surface area contributed by atoms with Crippen LogP contribution in [0.25, 0.3) is 0 Å². The van der Waals surface area contributed by atoms with Gasteiger partial charge in [0.05, 0.1) is 0 Å². The fraction of sp³-hybridized carbons (Fsp3) is 0.375. The molecule has 0 saturated heterocycles. The van der Waals surface area contributed by atoms with Crippen LogP contribution in [0.3, 0.4) is 0 Å². The van der Waals surface area contributed by atoms with Crippen molar-refractivity contribution in [1.82, 2.24) is 15.3 Å². The van der Waals surface area contributed by atoms with E-state index in [0.29, 0.717) is 29.1 Å². The molecule has 1 aromatic rings. The van der Waals surface area contributed by atoms with E-state index in [1.165, 1.54) is 6.33 Å². The van der Waals surface area contributed by atoms with E-state index in [1.54, 1.807) is 7.05 Å². The molecule has 1 rings (SSSR count). The van der Waals surface area contributed by atoms with E-state index >= 15 is 0 Å². The Kier molecular flexibility index (Phi) is 4.93. The zero-order valence-corrected chi connectivity index (χ0v) is 10.3. The number of amides is 1. The molecular weight excluding hydrogens is 276 g/mol. The smallest absolute Gasteiger partial charge is 0.221 e. The topological polar surface area (TPSA) is 105 Å². The van der Waals surface area contributed by atoms with E-state index in [0.717, 1.165) is 0 Å². The molecular formula is C8H13BrN6O. The molecule has 8 heteroatoms. The number of carbonyl (C=O) groups excluding carboxylic acids is 1. The Labute approximate surface area is 101 Å². The number of nitrogens with one attached hydrogen (secondary N) is 3. The zero-order chi connectivity index (χ0) is 12.0. The second-order valence-electron chi connectivity index (χ2n) is 2.88. The Morgan fingerprint density at radius 2 is 2.19 bits per heavy atom. The van der Waals surface area contributed by atoms with Gasteiger partial charge in [0.15, 0.2) is 5.82 Å². The van der Waals surface area contributed by atoms with Crippen LogP contribution in [0.15, 0.2) is 10.8 Å². The van der Waals surface area contributed by atoms with Gasteiger partial charge in [-0.1, -0.05) is 0 Å². The van der Waals surface area contributed by atoms with Gasteiger partial charge in [-0.05, 0) is 15.9 Å². The summed E-state index contributed by atoms with van der Waals surface area (Å²) in [4.78, 5) is 18.9. The van der Waals surface area contributed by atoms with Gasteiger partial charge >= 0.3 is 0 Å². The van der Waals surface area contributed by atoms with Gasteiger partial charge in [-0.3, -0.25) is 4.79 Å². The van der Waals surface area contributed by atoms with E-state index in [1.807, 2.05) is 0 Å². The molecule has 0 fully saturated rings. The Morgan fingerprint density at radius 1 is 1.50 bits per heavy atom. The van der Waals surface area contributed by atoms with E-state index in [2.05, 4.69) is 42.0 Å². The summed E-state index contributed by atoms with van der Waals surface area (Å²) in [6.45, 7) is 0.485. The summed E-state index contributed by atoms with van der Waals surface area (Å²) in [5, 5.41) is 5.53. The lowest BCUT2D eigenvalue weighted by molar-refractivity contribution is -0.120. The van der Waals surface area contributed by atoms with Crippen molar-refractivity contribution in [1.29, 1.82) is 0 Å². The average Bonchev–Trinajstić information content (AvgIpc) is 2.31. The Morgan fingerprint density at radius 3 is 2.81 bits per heavy atom. The normalized spacial score (nSPS) is 9.69. The third-order valence-corrected chi connectivity index (χ3v) is 2.60. The first-order chi connectivity index (χ1) is 7.69. The van der Waals surface area contributed by atoms with Gasteiger partial charge in [0.25, 0.3) is 0 Å². The molecule has 0 aliphatic rings. The number of hydrogen-bond donors (Lipinski definition) is 4. The molecule has 0 saturated carbocycles. The number of nitrogens with two attached hydrogens (primary N) is 1. The van der Waals surface area contributed by atoms with Crippen LogP contribution in [0.4, 0.5) is 11.6 Å². The summed E-state index contributed by atoms with van der Waals surface area (Å²) in [6.07, 6.45) is 1.75. The molecule has 5 N–H and O–H groups in total. The van der Waals surface area contributed by atoms with Crippen molar-refractivity contribution < 1.29 is 4.79 Å². The molecule has 7 nitrogen and oxygen atoms in total. The van der Waals surface area contributed by atoms with Crippen LogP contribution in [0.1, 0.15) is 6.42 Å². The van der Waals surface area contributed by atoms with Gasteiger partial charge in [-0.25, -0.2) is 15.8 Å². The van der Waals surface area contributed by atoms with Gasteiger partial charge in [-0.2, -0.15) is 0 Å². The van der Waals surface area contributed by atoms with E-state index in [9.17, 15) is 4.79 Å². The SMILES string of the molecule is CNC(=O)CCNc1ncnc(NN)c1Br. The lowest BCUT2D eigenvalue weighted by atomic mass is 10.4. The second-order valence-corrected chi connectivity index (χ2v) is 3.67. The summed E-state index contributed by atoms with van der Waals surface area (Å²) in [6, 6.07) is 0. The highest BCUT2D eigenvalue weighted by Gasteiger charge is 2.07. The minimum Gasteiger partial charge on any atom is -0.368 e. The van der Waals surface area contributed by atoms with Gasteiger partial charge < -0.3 is 16.1 Å². The largest absolute Gasteiger partial charge is 0.368 e. The maximum absolute atomic E-state index is 11.0. The van der Waals surface area contributed by atoms with Crippen molar-refractivity contribution in [3.63, 3.8) is 0 Å². The van der Waals surface area contributed by atoms with Crippen molar-refractivity contribution in [3.05, 3.63) is 10.8 Å². The lowest BCUT2D eigenvalue weighted by Crippen LogP contribution is -2.21. The van der Waals surface area contributed by atoms with Gasteiger partial charge in [-0.15, -0.1) is 0 Å². The first-order valence-corrected chi connectivity index (χ1v) is 5.40. The quantitative estimate of drug-likeness (QED) is 0.452. The van der Waals surface area contributed by atoms with Crippen LogP contribution in [0.5, 0.6) is 0 Å². The molecule has 0 bridgehead atoms. The lowest BCUT2D eigenvalue weighted by Gasteiger charge is -2.09. The molecule has 1 heterocycles. The molecule has 1 aromatic heterocycles. The van der Waals surface area contributed by atoms with Crippen molar-refractivity contribution in [3.8, 4) is 0 Å². The van der Waals surface area contributed by atoms with Crippen molar-refractivity contribution in [2.45, 2.75) is 6.42 Å². The predicted octanol–water partition coefficient (Wildman–Crippen LogP) is 0.0727. The number of carbonyl (C=O) groups is 1. The standard InChI is InChI=1S/C8H13BrN6O/c1-11-5(16)2-3-12-7-6(9)8(15-10)14-4-13-7/h4H,2-3,10H2,1H3,(H,11,16)(H2,12,13,14,15). The zero-order valence-electron chi connectivity index (χ0n) is 8.75.